The second-order valence-electron chi connectivity index (χ2n) is 7.00. The highest BCUT2D eigenvalue weighted by atomic mass is 16.3. The number of para-hydroxylation sites is 1. The summed E-state index contributed by atoms with van der Waals surface area (Å²) in [7, 11) is 0. The van der Waals surface area contributed by atoms with E-state index in [4.69, 9.17) is 0 Å². The summed E-state index contributed by atoms with van der Waals surface area (Å²) >= 11 is 0. The molecule has 0 amide bonds. The zero-order valence-corrected chi connectivity index (χ0v) is 16.9. The van der Waals surface area contributed by atoms with E-state index in [0.717, 1.165) is 47.9 Å². The van der Waals surface area contributed by atoms with Gasteiger partial charge in [-0.25, -0.2) is 0 Å². The molecule has 27 heavy (non-hydrogen) atoms. The maximum Gasteiger partial charge on any atom is 0.194 e. The highest BCUT2D eigenvalue weighted by Gasteiger charge is 2.20. The lowest BCUT2D eigenvalue weighted by atomic mass is 9.86. The molecule has 0 aliphatic heterocycles. The molecule has 0 heterocycles. The summed E-state index contributed by atoms with van der Waals surface area (Å²) in [5.41, 5.74) is 8.98. The third-order valence-electron chi connectivity index (χ3n) is 5.55. The van der Waals surface area contributed by atoms with Crippen molar-refractivity contribution in [3.63, 3.8) is 0 Å². The summed E-state index contributed by atoms with van der Waals surface area (Å²) in [6.45, 7) is 8.64. The quantitative estimate of drug-likeness (QED) is 0.437. The van der Waals surface area contributed by atoms with E-state index in [2.05, 4.69) is 64.1 Å². The summed E-state index contributed by atoms with van der Waals surface area (Å²) in [6.07, 6.45) is 3.72. The van der Waals surface area contributed by atoms with Crippen molar-refractivity contribution in [1.29, 1.82) is 0 Å². The van der Waals surface area contributed by atoms with Gasteiger partial charge in [-0.1, -0.05) is 82.3 Å². The molecule has 0 saturated heterocycles. The van der Waals surface area contributed by atoms with Gasteiger partial charge in [0.1, 0.15) is 0 Å². The molecule has 3 aromatic carbocycles. The van der Waals surface area contributed by atoms with E-state index in [1.54, 1.807) is 0 Å². The molecule has 0 spiro atoms. The van der Waals surface area contributed by atoms with E-state index in [1.165, 1.54) is 22.3 Å². The van der Waals surface area contributed by atoms with Crippen LogP contribution in [0.4, 0.5) is 0 Å². The van der Waals surface area contributed by atoms with Crippen molar-refractivity contribution >= 4 is 0 Å². The second kappa shape index (κ2) is 8.43. The zero-order chi connectivity index (χ0) is 19.4. The van der Waals surface area contributed by atoms with Gasteiger partial charge < -0.3 is 0 Å². The van der Waals surface area contributed by atoms with E-state index in [-0.39, 0.29) is 5.75 Å². The molecule has 0 bridgehead atoms. The smallest absolute Gasteiger partial charge is 0.194 e. The van der Waals surface area contributed by atoms with Gasteiger partial charge in [0, 0.05) is 11.1 Å². The van der Waals surface area contributed by atoms with Gasteiger partial charge in [0.25, 0.3) is 0 Å². The molecule has 1 nitrogen and oxygen atoms in total. The molecule has 3 rings (SSSR count). The van der Waals surface area contributed by atoms with Gasteiger partial charge in [-0.15, -0.1) is 0 Å². The first-order chi connectivity index (χ1) is 13.2. The molecular formula is C26H29O. The molecule has 139 valence electrons. The van der Waals surface area contributed by atoms with Crippen molar-refractivity contribution in [3.8, 4) is 28.0 Å². The van der Waals surface area contributed by atoms with Crippen molar-refractivity contribution in [3.05, 3.63) is 76.9 Å². The lowest BCUT2D eigenvalue weighted by molar-refractivity contribution is 0.358. The zero-order valence-electron chi connectivity index (χ0n) is 16.9. The molecule has 0 aromatic heterocycles. The minimum absolute atomic E-state index is 0.156. The Morgan fingerprint density at radius 3 is 1.11 bits per heavy atom. The Hall–Kier alpha value is -2.54. The first kappa shape index (κ1) is 19.2. The number of hydrogen-bond donors (Lipinski definition) is 0. The first-order valence-corrected chi connectivity index (χ1v) is 10.2. The highest BCUT2D eigenvalue weighted by molar-refractivity contribution is 5.86. The maximum absolute atomic E-state index is 13.6. The molecule has 0 N–H and O–H groups in total. The highest BCUT2D eigenvalue weighted by Crippen LogP contribution is 2.43. The summed E-state index contributed by atoms with van der Waals surface area (Å²) in [5.74, 6) is 0.156. The molecule has 0 aliphatic carbocycles. The predicted octanol–water partition coefficient (Wildman–Crippen LogP) is 7.41. The molecule has 0 atom stereocenters. The standard InChI is InChI=1S/C26H29O/c1-5-18-12-9-13-19(6-2)24(18)22-16-11-17-23(26(22)27)25-20(7-3)14-10-15-21(25)8-4/h9-17H,5-8H2,1-4H3. The van der Waals surface area contributed by atoms with Crippen molar-refractivity contribution < 1.29 is 5.11 Å². The van der Waals surface area contributed by atoms with Gasteiger partial charge >= 0.3 is 0 Å². The van der Waals surface area contributed by atoms with Crippen LogP contribution in [0.1, 0.15) is 49.9 Å². The van der Waals surface area contributed by atoms with E-state index < -0.39 is 0 Å². The van der Waals surface area contributed by atoms with Crippen LogP contribution in [0.15, 0.2) is 54.6 Å². The van der Waals surface area contributed by atoms with Crippen LogP contribution in [-0.4, -0.2) is 0 Å². The molecule has 0 fully saturated rings. The van der Waals surface area contributed by atoms with Crippen molar-refractivity contribution in [2.24, 2.45) is 0 Å². The van der Waals surface area contributed by atoms with Gasteiger partial charge in [0.05, 0.1) is 0 Å². The molecule has 0 aliphatic rings. The maximum atomic E-state index is 13.6. The molecule has 1 heteroatoms. The minimum Gasteiger partial charge on any atom is -0.289 e. The molecule has 0 unspecified atom stereocenters. The molecule has 3 aromatic rings. The lowest BCUT2D eigenvalue weighted by Gasteiger charge is -2.18. The number of benzene rings is 3. The number of hydrogen-bond acceptors (Lipinski definition) is 0. The predicted molar refractivity (Wildman–Crippen MR) is 115 cm³/mol. The average molecular weight is 358 g/mol. The third-order valence-corrected chi connectivity index (χ3v) is 5.55. The van der Waals surface area contributed by atoms with E-state index >= 15 is 0 Å². The fourth-order valence-corrected chi connectivity index (χ4v) is 4.11. The molecular weight excluding hydrogens is 328 g/mol. The van der Waals surface area contributed by atoms with Gasteiger partial charge in [0.15, 0.2) is 5.75 Å². The Morgan fingerprint density at radius 1 is 0.519 bits per heavy atom. The van der Waals surface area contributed by atoms with Crippen LogP contribution in [0.3, 0.4) is 0 Å². The van der Waals surface area contributed by atoms with E-state index in [1.807, 2.05) is 18.2 Å². The second-order valence-corrected chi connectivity index (χ2v) is 7.00. The van der Waals surface area contributed by atoms with E-state index in [9.17, 15) is 5.11 Å². The Morgan fingerprint density at radius 2 is 0.815 bits per heavy atom. The molecule has 1 radical (unpaired) electrons. The molecule has 0 saturated carbocycles. The Balaban J connectivity index is 2.30. The average Bonchev–Trinajstić information content (AvgIpc) is 2.72. The van der Waals surface area contributed by atoms with Crippen LogP contribution in [0, 0.1) is 0 Å². The van der Waals surface area contributed by atoms with Gasteiger partial charge in [0.2, 0.25) is 0 Å². The topological polar surface area (TPSA) is 19.9 Å². The van der Waals surface area contributed by atoms with Crippen LogP contribution >= 0.6 is 0 Å². The van der Waals surface area contributed by atoms with Crippen molar-refractivity contribution in [1.82, 2.24) is 0 Å². The lowest BCUT2D eigenvalue weighted by Crippen LogP contribution is -1.97. The number of rotatable bonds is 6. The summed E-state index contributed by atoms with van der Waals surface area (Å²) in [6, 6.07) is 18.9. The SMILES string of the molecule is CCc1cccc(CC)c1-c1cccc(-c2c(CC)cccc2CC)c1[O]. The Bertz CT molecular complexity index is 819. The van der Waals surface area contributed by atoms with Crippen molar-refractivity contribution in [2.45, 2.75) is 53.4 Å². The minimum atomic E-state index is 0.156. The van der Waals surface area contributed by atoms with Crippen LogP contribution in [0.2, 0.25) is 0 Å². The van der Waals surface area contributed by atoms with Crippen LogP contribution in [0.5, 0.6) is 5.75 Å². The normalized spacial score (nSPS) is 11.0. The van der Waals surface area contributed by atoms with E-state index in [0.29, 0.717) is 0 Å². The first-order valence-electron chi connectivity index (χ1n) is 10.2. The van der Waals surface area contributed by atoms with Gasteiger partial charge in [-0.2, -0.15) is 0 Å². The summed E-state index contributed by atoms with van der Waals surface area (Å²) < 4.78 is 0. The largest absolute Gasteiger partial charge is 0.289 e. The van der Waals surface area contributed by atoms with Crippen molar-refractivity contribution in [2.75, 3.05) is 0 Å². The Labute approximate surface area is 163 Å². The third kappa shape index (κ3) is 3.51. The monoisotopic (exact) mass is 357 g/mol. The summed E-state index contributed by atoms with van der Waals surface area (Å²) in [5, 5.41) is 13.6. The summed E-state index contributed by atoms with van der Waals surface area (Å²) in [4.78, 5) is 0. The van der Waals surface area contributed by atoms with Crippen LogP contribution in [0.25, 0.3) is 22.3 Å². The van der Waals surface area contributed by atoms with Gasteiger partial charge in [-0.3, -0.25) is 5.11 Å². The Kier molecular flexibility index (Phi) is 6.01. The fourth-order valence-electron chi connectivity index (χ4n) is 4.11. The van der Waals surface area contributed by atoms with Crippen LogP contribution < -0.4 is 0 Å². The fraction of sp³-hybridized carbons (Fsp3) is 0.308. The van der Waals surface area contributed by atoms with Crippen LogP contribution in [-0.2, 0) is 30.8 Å². The number of aryl methyl sites for hydroxylation is 4. The van der Waals surface area contributed by atoms with Gasteiger partial charge in [-0.05, 0) is 59.1 Å².